The van der Waals surface area contributed by atoms with Gasteiger partial charge in [-0.1, -0.05) is 12.1 Å². The second-order valence-electron chi connectivity index (χ2n) is 4.75. The molecule has 2 rings (SSSR count). The van der Waals surface area contributed by atoms with Gasteiger partial charge < -0.3 is 20.4 Å². The molecule has 3 atom stereocenters. The summed E-state index contributed by atoms with van der Waals surface area (Å²) in [6, 6.07) is 6.07. The molecule has 0 saturated heterocycles. The van der Waals surface area contributed by atoms with Crippen molar-refractivity contribution in [2.45, 2.75) is 12.0 Å². The molecular formula is C13H16O5. The summed E-state index contributed by atoms with van der Waals surface area (Å²) in [4.78, 5) is 10.9. The van der Waals surface area contributed by atoms with Gasteiger partial charge in [-0.15, -0.1) is 0 Å². The Balaban J connectivity index is 2.31. The predicted molar refractivity (Wildman–Crippen MR) is 63.1 cm³/mol. The van der Waals surface area contributed by atoms with Crippen molar-refractivity contribution in [1.82, 2.24) is 0 Å². The first-order valence-electron chi connectivity index (χ1n) is 5.81. The summed E-state index contributed by atoms with van der Waals surface area (Å²) in [6.07, 6.45) is 0.331. The summed E-state index contributed by atoms with van der Waals surface area (Å²) in [5, 5.41) is 37.8. The standard InChI is InChI=1S/C13H16O5/c14-6-9-5-13(18,11(9)7-15)10-3-1-2-8(4-10)12(16)17/h1-4,9,11,14-15,18H,5-7H2,(H,16,17)/t9-,11-,13-/m1/s1. The van der Waals surface area contributed by atoms with Crippen LogP contribution in [0.3, 0.4) is 0 Å². The maximum Gasteiger partial charge on any atom is 0.335 e. The Morgan fingerprint density at radius 2 is 2.06 bits per heavy atom. The Bertz CT molecular complexity index is 458. The summed E-state index contributed by atoms with van der Waals surface area (Å²) in [7, 11) is 0. The molecule has 1 aliphatic rings. The summed E-state index contributed by atoms with van der Waals surface area (Å²) in [5.41, 5.74) is -0.663. The molecule has 5 nitrogen and oxygen atoms in total. The van der Waals surface area contributed by atoms with E-state index in [0.717, 1.165) is 0 Å². The van der Waals surface area contributed by atoms with Gasteiger partial charge in [-0.25, -0.2) is 4.79 Å². The molecule has 0 bridgehead atoms. The van der Waals surface area contributed by atoms with Crippen molar-refractivity contribution in [3.8, 4) is 0 Å². The average Bonchev–Trinajstić information content (AvgIpc) is 2.36. The Morgan fingerprint density at radius 3 is 2.61 bits per heavy atom. The number of benzene rings is 1. The Morgan fingerprint density at radius 1 is 1.33 bits per heavy atom. The molecule has 0 radical (unpaired) electrons. The molecular weight excluding hydrogens is 236 g/mol. The van der Waals surface area contributed by atoms with Gasteiger partial charge in [-0.3, -0.25) is 0 Å². The highest BCUT2D eigenvalue weighted by molar-refractivity contribution is 5.87. The lowest BCUT2D eigenvalue weighted by Gasteiger charge is -2.51. The zero-order valence-corrected chi connectivity index (χ0v) is 9.78. The smallest absolute Gasteiger partial charge is 0.335 e. The topological polar surface area (TPSA) is 98.0 Å². The van der Waals surface area contributed by atoms with Crippen molar-refractivity contribution >= 4 is 5.97 Å². The second kappa shape index (κ2) is 4.68. The van der Waals surface area contributed by atoms with Crippen LogP contribution in [0.5, 0.6) is 0 Å². The van der Waals surface area contributed by atoms with Gasteiger partial charge in [0.1, 0.15) is 0 Å². The van der Waals surface area contributed by atoms with Crippen molar-refractivity contribution < 1.29 is 25.2 Å². The van der Waals surface area contributed by atoms with Crippen molar-refractivity contribution in [3.63, 3.8) is 0 Å². The number of aromatic carboxylic acids is 1. The summed E-state index contributed by atoms with van der Waals surface area (Å²) < 4.78 is 0. The number of carboxylic acid groups (broad SMARTS) is 1. The molecule has 1 aromatic carbocycles. The highest BCUT2D eigenvalue weighted by atomic mass is 16.4. The van der Waals surface area contributed by atoms with E-state index in [1.165, 1.54) is 12.1 Å². The molecule has 0 spiro atoms. The Hall–Kier alpha value is -1.43. The quantitative estimate of drug-likeness (QED) is 0.613. The van der Waals surface area contributed by atoms with Crippen molar-refractivity contribution in [2.24, 2.45) is 11.8 Å². The van der Waals surface area contributed by atoms with E-state index >= 15 is 0 Å². The molecule has 0 unspecified atom stereocenters. The minimum absolute atomic E-state index is 0.0911. The molecule has 1 aliphatic carbocycles. The number of hydrogen-bond acceptors (Lipinski definition) is 4. The second-order valence-corrected chi connectivity index (χ2v) is 4.75. The third-order valence-corrected chi connectivity index (χ3v) is 3.80. The van der Waals surface area contributed by atoms with Crippen LogP contribution >= 0.6 is 0 Å². The van der Waals surface area contributed by atoms with Crippen LogP contribution in [0, 0.1) is 11.8 Å². The van der Waals surface area contributed by atoms with Crippen molar-refractivity contribution in [2.75, 3.05) is 13.2 Å². The maximum atomic E-state index is 10.9. The zero-order chi connectivity index (χ0) is 13.3. The normalized spacial score (nSPS) is 30.8. The number of hydrogen-bond donors (Lipinski definition) is 4. The molecule has 0 amide bonds. The van der Waals surface area contributed by atoms with Gasteiger partial charge in [-0.2, -0.15) is 0 Å². The van der Waals surface area contributed by atoms with Gasteiger partial charge in [-0.05, 0) is 30.0 Å². The minimum atomic E-state index is -1.24. The molecule has 1 aromatic rings. The first-order chi connectivity index (χ1) is 8.52. The molecule has 98 valence electrons. The van der Waals surface area contributed by atoms with E-state index < -0.39 is 17.5 Å². The van der Waals surface area contributed by atoms with E-state index in [-0.39, 0.29) is 24.7 Å². The van der Waals surface area contributed by atoms with Gasteiger partial charge >= 0.3 is 5.97 Å². The summed E-state index contributed by atoms with van der Waals surface area (Å²) in [5.74, 6) is -1.65. The first kappa shape index (κ1) is 13.0. The van der Waals surface area contributed by atoms with Crippen LogP contribution in [-0.4, -0.2) is 39.6 Å². The van der Waals surface area contributed by atoms with Crippen molar-refractivity contribution in [3.05, 3.63) is 35.4 Å². The highest BCUT2D eigenvalue weighted by Crippen LogP contribution is 2.50. The lowest BCUT2D eigenvalue weighted by Crippen LogP contribution is -2.54. The molecule has 4 N–H and O–H groups in total. The lowest BCUT2D eigenvalue weighted by atomic mass is 9.59. The molecule has 0 heterocycles. The molecule has 5 heteroatoms. The number of carbonyl (C=O) groups is 1. The zero-order valence-electron chi connectivity index (χ0n) is 9.78. The number of aliphatic hydroxyl groups excluding tert-OH is 2. The number of carboxylic acids is 1. The highest BCUT2D eigenvalue weighted by Gasteiger charge is 2.53. The third kappa shape index (κ3) is 1.90. The van der Waals surface area contributed by atoms with Gasteiger partial charge in [0.2, 0.25) is 0 Å². The van der Waals surface area contributed by atoms with Crippen LogP contribution in [0.25, 0.3) is 0 Å². The third-order valence-electron chi connectivity index (χ3n) is 3.80. The van der Waals surface area contributed by atoms with E-state index in [1.54, 1.807) is 12.1 Å². The van der Waals surface area contributed by atoms with Crippen LogP contribution in [-0.2, 0) is 5.60 Å². The Kier molecular flexibility index (Phi) is 3.38. The fourth-order valence-corrected chi connectivity index (χ4v) is 2.67. The van der Waals surface area contributed by atoms with E-state index in [4.69, 9.17) is 10.2 Å². The van der Waals surface area contributed by atoms with Crippen LogP contribution in [0.1, 0.15) is 22.3 Å². The summed E-state index contributed by atoms with van der Waals surface area (Å²) >= 11 is 0. The predicted octanol–water partition coefficient (Wildman–Crippen LogP) is 0.193. The molecule has 18 heavy (non-hydrogen) atoms. The average molecular weight is 252 g/mol. The molecule has 1 saturated carbocycles. The molecule has 0 aliphatic heterocycles. The van der Waals surface area contributed by atoms with E-state index in [9.17, 15) is 15.0 Å². The van der Waals surface area contributed by atoms with Crippen LogP contribution < -0.4 is 0 Å². The fourth-order valence-electron chi connectivity index (χ4n) is 2.67. The fraction of sp³-hybridized carbons (Fsp3) is 0.462. The first-order valence-corrected chi connectivity index (χ1v) is 5.81. The van der Waals surface area contributed by atoms with Crippen molar-refractivity contribution in [1.29, 1.82) is 0 Å². The van der Waals surface area contributed by atoms with Gasteiger partial charge in [0.15, 0.2) is 0 Å². The minimum Gasteiger partial charge on any atom is -0.478 e. The summed E-state index contributed by atoms with van der Waals surface area (Å²) in [6.45, 7) is -0.328. The van der Waals surface area contributed by atoms with Gasteiger partial charge in [0.05, 0.1) is 11.2 Å². The monoisotopic (exact) mass is 252 g/mol. The van der Waals surface area contributed by atoms with E-state index in [0.29, 0.717) is 12.0 Å². The van der Waals surface area contributed by atoms with Crippen LogP contribution in [0.15, 0.2) is 24.3 Å². The number of aliphatic hydroxyl groups is 3. The van der Waals surface area contributed by atoms with Crippen LogP contribution in [0.4, 0.5) is 0 Å². The maximum absolute atomic E-state index is 10.9. The molecule has 0 aromatic heterocycles. The van der Waals surface area contributed by atoms with Gasteiger partial charge in [0, 0.05) is 19.1 Å². The number of rotatable bonds is 4. The van der Waals surface area contributed by atoms with E-state index in [2.05, 4.69) is 0 Å². The lowest BCUT2D eigenvalue weighted by molar-refractivity contribution is -0.172. The Labute approximate surface area is 104 Å². The van der Waals surface area contributed by atoms with Gasteiger partial charge in [0.25, 0.3) is 0 Å². The van der Waals surface area contributed by atoms with Crippen LogP contribution in [0.2, 0.25) is 0 Å². The molecule has 1 fully saturated rings. The van der Waals surface area contributed by atoms with E-state index in [1.807, 2.05) is 0 Å². The largest absolute Gasteiger partial charge is 0.478 e. The SMILES string of the molecule is O=C(O)c1cccc([C@]2(O)C[C@H](CO)[C@H]2CO)c1.